The zero-order valence-electron chi connectivity index (χ0n) is 9.13. The largest absolute Gasteiger partial charge is 0.378 e. The Morgan fingerprint density at radius 2 is 1.93 bits per heavy atom. The van der Waals surface area contributed by atoms with E-state index in [1.165, 1.54) is 57.9 Å². The molecule has 1 saturated heterocycles. The minimum Gasteiger partial charge on any atom is -0.378 e. The average molecular weight is 197 g/mol. The lowest BCUT2D eigenvalue weighted by Gasteiger charge is -2.13. The summed E-state index contributed by atoms with van der Waals surface area (Å²) in [5, 5.41) is 3.53. The van der Waals surface area contributed by atoms with Gasteiger partial charge in [-0.1, -0.05) is 12.8 Å². The second kappa shape index (κ2) is 5.72. The molecule has 1 unspecified atom stereocenters. The van der Waals surface area contributed by atoms with Crippen molar-refractivity contribution in [3.05, 3.63) is 0 Å². The van der Waals surface area contributed by atoms with Crippen LogP contribution in [-0.4, -0.2) is 25.3 Å². The van der Waals surface area contributed by atoms with Crippen LogP contribution in [0.4, 0.5) is 0 Å². The van der Waals surface area contributed by atoms with Gasteiger partial charge in [0.2, 0.25) is 0 Å². The fourth-order valence-electron chi connectivity index (χ4n) is 2.64. The van der Waals surface area contributed by atoms with Gasteiger partial charge in [-0.25, -0.2) is 0 Å². The van der Waals surface area contributed by atoms with E-state index < -0.39 is 0 Å². The van der Waals surface area contributed by atoms with Gasteiger partial charge < -0.3 is 10.1 Å². The SMILES string of the molecule is C1CNC(CCCOC2CCCC2)C1. The summed E-state index contributed by atoms with van der Waals surface area (Å²) < 4.78 is 5.83. The molecule has 2 heteroatoms. The molecule has 0 bridgehead atoms. The first-order valence-corrected chi connectivity index (χ1v) is 6.30. The van der Waals surface area contributed by atoms with Gasteiger partial charge in [0.1, 0.15) is 0 Å². The molecule has 0 amide bonds. The Labute approximate surface area is 87.4 Å². The number of ether oxygens (including phenoxy) is 1. The maximum absolute atomic E-state index is 5.83. The van der Waals surface area contributed by atoms with Crippen molar-refractivity contribution in [2.75, 3.05) is 13.2 Å². The van der Waals surface area contributed by atoms with Gasteiger partial charge in [-0.05, 0) is 45.1 Å². The minimum atomic E-state index is 0.603. The van der Waals surface area contributed by atoms with Crippen molar-refractivity contribution in [3.8, 4) is 0 Å². The highest BCUT2D eigenvalue weighted by molar-refractivity contribution is 4.74. The molecule has 0 radical (unpaired) electrons. The Morgan fingerprint density at radius 3 is 2.64 bits per heavy atom. The van der Waals surface area contributed by atoms with Gasteiger partial charge in [-0.2, -0.15) is 0 Å². The molecule has 2 rings (SSSR count). The van der Waals surface area contributed by atoms with Crippen molar-refractivity contribution in [2.24, 2.45) is 0 Å². The maximum Gasteiger partial charge on any atom is 0.0575 e. The normalized spacial score (nSPS) is 28.7. The third-order valence-corrected chi connectivity index (χ3v) is 3.52. The monoisotopic (exact) mass is 197 g/mol. The van der Waals surface area contributed by atoms with Crippen LogP contribution < -0.4 is 5.32 Å². The number of nitrogens with one attached hydrogen (secondary N) is 1. The lowest BCUT2D eigenvalue weighted by atomic mass is 10.1. The van der Waals surface area contributed by atoms with Crippen molar-refractivity contribution in [1.82, 2.24) is 5.32 Å². The average Bonchev–Trinajstić information content (AvgIpc) is 2.86. The predicted octanol–water partition coefficient (Wildman–Crippen LogP) is 2.48. The highest BCUT2D eigenvalue weighted by Gasteiger charge is 2.16. The molecule has 1 aliphatic carbocycles. The Bertz CT molecular complexity index is 130. The molecule has 1 atom stereocenters. The molecule has 1 saturated carbocycles. The smallest absolute Gasteiger partial charge is 0.0575 e. The Morgan fingerprint density at radius 1 is 1.07 bits per heavy atom. The second-order valence-electron chi connectivity index (χ2n) is 4.71. The van der Waals surface area contributed by atoms with Crippen LogP contribution in [0, 0.1) is 0 Å². The van der Waals surface area contributed by atoms with Crippen molar-refractivity contribution in [2.45, 2.75) is 63.5 Å². The Kier molecular flexibility index (Phi) is 4.26. The number of rotatable bonds is 5. The van der Waals surface area contributed by atoms with E-state index in [4.69, 9.17) is 4.74 Å². The molecule has 0 aromatic heterocycles. The molecule has 2 aliphatic rings. The van der Waals surface area contributed by atoms with Crippen molar-refractivity contribution < 1.29 is 4.74 Å². The van der Waals surface area contributed by atoms with Crippen LogP contribution in [0.1, 0.15) is 51.4 Å². The summed E-state index contributed by atoms with van der Waals surface area (Å²) in [6.07, 6.45) is 11.3. The highest BCUT2D eigenvalue weighted by Crippen LogP contribution is 2.21. The summed E-state index contributed by atoms with van der Waals surface area (Å²) in [4.78, 5) is 0. The van der Waals surface area contributed by atoms with E-state index in [1.54, 1.807) is 0 Å². The fraction of sp³-hybridized carbons (Fsp3) is 1.00. The molecule has 14 heavy (non-hydrogen) atoms. The van der Waals surface area contributed by atoms with Crippen molar-refractivity contribution in [1.29, 1.82) is 0 Å². The van der Waals surface area contributed by atoms with E-state index in [0.29, 0.717) is 6.10 Å². The summed E-state index contributed by atoms with van der Waals surface area (Å²) in [6, 6.07) is 0.794. The van der Waals surface area contributed by atoms with E-state index in [9.17, 15) is 0 Å². The van der Waals surface area contributed by atoms with Gasteiger partial charge in [-0.15, -0.1) is 0 Å². The van der Waals surface area contributed by atoms with Crippen LogP contribution in [0.15, 0.2) is 0 Å². The first kappa shape index (κ1) is 10.4. The molecule has 1 heterocycles. The first-order chi connectivity index (χ1) is 6.95. The summed E-state index contributed by atoms with van der Waals surface area (Å²) in [5.41, 5.74) is 0. The van der Waals surface area contributed by atoms with Crippen LogP contribution >= 0.6 is 0 Å². The van der Waals surface area contributed by atoms with E-state index in [-0.39, 0.29) is 0 Å². The molecular weight excluding hydrogens is 174 g/mol. The number of hydrogen-bond donors (Lipinski definition) is 1. The predicted molar refractivity (Wildman–Crippen MR) is 58.5 cm³/mol. The van der Waals surface area contributed by atoms with Crippen LogP contribution in [-0.2, 0) is 4.74 Å². The lowest BCUT2D eigenvalue weighted by Crippen LogP contribution is -2.21. The molecule has 2 fully saturated rings. The summed E-state index contributed by atoms with van der Waals surface area (Å²) in [6.45, 7) is 2.22. The summed E-state index contributed by atoms with van der Waals surface area (Å²) in [5.74, 6) is 0. The summed E-state index contributed by atoms with van der Waals surface area (Å²) in [7, 11) is 0. The van der Waals surface area contributed by atoms with E-state index in [2.05, 4.69) is 5.32 Å². The Hall–Kier alpha value is -0.0800. The highest BCUT2D eigenvalue weighted by atomic mass is 16.5. The van der Waals surface area contributed by atoms with Crippen LogP contribution in [0.3, 0.4) is 0 Å². The molecule has 1 N–H and O–H groups in total. The van der Waals surface area contributed by atoms with E-state index >= 15 is 0 Å². The molecule has 0 aromatic rings. The van der Waals surface area contributed by atoms with Crippen LogP contribution in [0.2, 0.25) is 0 Å². The number of hydrogen-bond acceptors (Lipinski definition) is 2. The molecule has 82 valence electrons. The van der Waals surface area contributed by atoms with Gasteiger partial charge in [0.05, 0.1) is 6.10 Å². The van der Waals surface area contributed by atoms with Gasteiger partial charge >= 0.3 is 0 Å². The Balaban J connectivity index is 1.46. The quantitative estimate of drug-likeness (QED) is 0.684. The van der Waals surface area contributed by atoms with Gasteiger partial charge in [0, 0.05) is 12.6 Å². The third-order valence-electron chi connectivity index (χ3n) is 3.52. The van der Waals surface area contributed by atoms with Crippen LogP contribution in [0.5, 0.6) is 0 Å². The van der Waals surface area contributed by atoms with Gasteiger partial charge in [0.15, 0.2) is 0 Å². The van der Waals surface area contributed by atoms with Crippen molar-refractivity contribution >= 4 is 0 Å². The molecule has 0 aromatic carbocycles. The van der Waals surface area contributed by atoms with E-state index in [1.807, 2.05) is 0 Å². The third kappa shape index (κ3) is 3.25. The van der Waals surface area contributed by atoms with E-state index in [0.717, 1.165) is 12.6 Å². The second-order valence-corrected chi connectivity index (χ2v) is 4.71. The molecular formula is C12H23NO. The molecule has 1 aliphatic heterocycles. The standard InChI is InChI=1S/C12H23NO/c1-2-8-12(7-1)14-10-4-6-11-5-3-9-13-11/h11-13H,1-10H2. The van der Waals surface area contributed by atoms with Crippen molar-refractivity contribution in [3.63, 3.8) is 0 Å². The topological polar surface area (TPSA) is 21.3 Å². The summed E-state index contributed by atoms with van der Waals surface area (Å²) >= 11 is 0. The zero-order chi connectivity index (χ0) is 9.64. The van der Waals surface area contributed by atoms with Gasteiger partial charge in [-0.3, -0.25) is 0 Å². The lowest BCUT2D eigenvalue weighted by molar-refractivity contribution is 0.0549. The molecule has 2 nitrogen and oxygen atoms in total. The fourth-order valence-corrected chi connectivity index (χ4v) is 2.64. The zero-order valence-corrected chi connectivity index (χ0v) is 9.13. The minimum absolute atomic E-state index is 0.603. The first-order valence-electron chi connectivity index (χ1n) is 6.30. The maximum atomic E-state index is 5.83. The molecule has 0 spiro atoms. The van der Waals surface area contributed by atoms with Crippen LogP contribution in [0.25, 0.3) is 0 Å². The van der Waals surface area contributed by atoms with Gasteiger partial charge in [0.25, 0.3) is 0 Å².